The number of benzene rings is 1. The Balaban J connectivity index is 1.87. The molecule has 108 valence electrons. The first-order valence-electron chi connectivity index (χ1n) is 6.91. The Morgan fingerprint density at radius 2 is 2.14 bits per heavy atom. The van der Waals surface area contributed by atoms with Gasteiger partial charge in [-0.3, -0.25) is 4.98 Å². The summed E-state index contributed by atoms with van der Waals surface area (Å²) in [6, 6.07) is 10.3. The number of methoxy groups -OCH3 is 1. The van der Waals surface area contributed by atoms with Crippen LogP contribution in [0.3, 0.4) is 0 Å². The van der Waals surface area contributed by atoms with E-state index in [1.807, 2.05) is 30.5 Å². The molecule has 0 bridgehead atoms. The first-order chi connectivity index (χ1) is 10.3. The van der Waals surface area contributed by atoms with E-state index in [4.69, 9.17) is 4.74 Å². The van der Waals surface area contributed by atoms with Crippen LogP contribution in [0.25, 0.3) is 10.9 Å². The molecule has 0 aliphatic carbocycles. The average Bonchev–Trinajstić information content (AvgIpc) is 2.95. The van der Waals surface area contributed by atoms with Crippen molar-refractivity contribution in [2.45, 2.75) is 13.0 Å². The van der Waals surface area contributed by atoms with Gasteiger partial charge < -0.3 is 14.6 Å². The molecule has 21 heavy (non-hydrogen) atoms. The standard InChI is InChI=1S/C16H18N4O/c1-12(11-21-2)20-9-8-18-16(20)19-14-5-6-15-13(10-14)4-3-7-17-15/h3-10,12H,11H2,1-2H3,(H,18,19). The van der Waals surface area contributed by atoms with E-state index in [1.165, 1.54) is 0 Å². The minimum Gasteiger partial charge on any atom is -0.383 e. The van der Waals surface area contributed by atoms with Gasteiger partial charge >= 0.3 is 0 Å². The van der Waals surface area contributed by atoms with Crippen molar-refractivity contribution >= 4 is 22.5 Å². The van der Waals surface area contributed by atoms with Crippen molar-refractivity contribution in [2.75, 3.05) is 19.0 Å². The first-order valence-corrected chi connectivity index (χ1v) is 6.91. The summed E-state index contributed by atoms with van der Waals surface area (Å²) in [5.41, 5.74) is 1.98. The predicted molar refractivity (Wildman–Crippen MR) is 83.8 cm³/mol. The zero-order valence-corrected chi connectivity index (χ0v) is 12.2. The summed E-state index contributed by atoms with van der Waals surface area (Å²) in [4.78, 5) is 8.70. The summed E-state index contributed by atoms with van der Waals surface area (Å²) in [5.74, 6) is 0.808. The van der Waals surface area contributed by atoms with Gasteiger partial charge in [-0.2, -0.15) is 0 Å². The number of imidazole rings is 1. The maximum Gasteiger partial charge on any atom is 0.207 e. The lowest BCUT2D eigenvalue weighted by molar-refractivity contribution is 0.163. The number of aromatic nitrogens is 3. The van der Waals surface area contributed by atoms with E-state index in [0.29, 0.717) is 6.61 Å². The highest BCUT2D eigenvalue weighted by molar-refractivity contribution is 5.82. The summed E-state index contributed by atoms with van der Waals surface area (Å²) in [5, 5.41) is 4.45. The van der Waals surface area contributed by atoms with Gasteiger partial charge in [0, 0.05) is 36.8 Å². The molecule has 0 saturated carbocycles. The van der Waals surface area contributed by atoms with Crippen LogP contribution in [0.2, 0.25) is 0 Å². The fourth-order valence-electron chi connectivity index (χ4n) is 2.37. The summed E-state index contributed by atoms with van der Waals surface area (Å²) < 4.78 is 7.27. The number of pyridine rings is 1. The fraction of sp³-hybridized carbons (Fsp3) is 0.250. The lowest BCUT2D eigenvalue weighted by Crippen LogP contribution is -2.12. The van der Waals surface area contributed by atoms with Gasteiger partial charge in [0.2, 0.25) is 5.95 Å². The lowest BCUT2D eigenvalue weighted by atomic mass is 10.2. The smallest absolute Gasteiger partial charge is 0.207 e. The van der Waals surface area contributed by atoms with Crippen molar-refractivity contribution in [1.82, 2.24) is 14.5 Å². The molecule has 1 N–H and O–H groups in total. The number of hydrogen-bond acceptors (Lipinski definition) is 4. The van der Waals surface area contributed by atoms with Crippen LogP contribution in [-0.4, -0.2) is 28.3 Å². The monoisotopic (exact) mass is 282 g/mol. The number of nitrogens with one attached hydrogen (secondary N) is 1. The quantitative estimate of drug-likeness (QED) is 0.779. The van der Waals surface area contributed by atoms with E-state index >= 15 is 0 Å². The number of nitrogens with zero attached hydrogens (tertiary/aromatic N) is 3. The van der Waals surface area contributed by atoms with Crippen LogP contribution < -0.4 is 5.32 Å². The zero-order chi connectivity index (χ0) is 14.7. The summed E-state index contributed by atoms with van der Waals surface area (Å²) >= 11 is 0. The number of anilines is 2. The van der Waals surface area contributed by atoms with Crippen molar-refractivity contribution in [1.29, 1.82) is 0 Å². The fourth-order valence-corrected chi connectivity index (χ4v) is 2.37. The number of hydrogen-bond donors (Lipinski definition) is 1. The molecule has 0 fully saturated rings. The Bertz CT molecular complexity index is 738. The lowest BCUT2D eigenvalue weighted by Gasteiger charge is -2.16. The van der Waals surface area contributed by atoms with Gasteiger partial charge in [0.15, 0.2) is 0 Å². The van der Waals surface area contributed by atoms with Crippen molar-refractivity contribution in [2.24, 2.45) is 0 Å². The Kier molecular flexibility index (Phi) is 3.83. The predicted octanol–water partition coefficient (Wildman–Crippen LogP) is 3.38. The van der Waals surface area contributed by atoms with Crippen LogP contribution in [0.4, 0.5) is 11.6 Å². The second-order valence-corrected chi connectivity index (χ2v) is 5.00. The van der Waals surface area contributed by atoms with E-state index in [0.717, 1.165) is 22.5 Å². The van der Waals surface area contributed by atoms with Gasteiger partial charge in [-0.05, 0) is 31.2 Å². The van der Waals surface area contributed by atoms with Crippen LogP contribution in [-0.2, 0) is 4.74 Å². The molecule has 0 aliphatic rings. The molecule has 0 saturated heterocycles. The molecule has 5 nitrogen and oxygen atoms in total. The van der Waals surface area contributed by atoms with Crippen molar-refractivity contribution in [3.8, 4) is 0 Å². The van der Waals surface area contributed by atoms with Gasteiger partial charge in [-0.25, -0.2) is 4.98 Å². The first kappa shape index (κ1) is 13.6. The minimum atomic E-state index is 0.224. The third-order valence-corrected chi connectivity index (χ3v) is 3.41. The topological polar surface area (TPSA) is 52.0 Å². The maximum atomic E-state index is 5.21. The van der Waals surface area contributed by atoms with Gasteiger partial charge in [-0.1, -0.05) is 6.07 Å². The number of rotatable bonds is 5. The average molecular weight is 282 g/mol. The highest BCUT2D eigenvalue weighted by Gasteiger charge is 2.10. The van der Waals surface area contributed by atoms with Gasteiger partial charge in [-0.15, -0.1) is 0 Å². The molecule has 5 heteroatoms. The second-order valence-electron chi connectivity index (χ2n) is 5.00. The molecule has 2 aromatic heterocycles. The molecular weight excluding hydrogens is 264 g/mol. The SMILES string of the molecule is COCC(C)n1ccnc1Nc1ccc2ncccc2c1. The van der Waals surface area contributed by atoms with Crippen molar-refractivity contribution < 1.29 is 4.74 Å². The Hall–Kier alpha value is -2.40. The largest absolute Gasteiger partial charge is 0.383 e. The molecule has 1 atom stereocenters. The number of fused-ring (bicyclic) bond motifs is 1. The number of ether oxygens (including phenoxy) is 1. The second kappa shape index (κ2) is 5.93. The Morgan fingerprint density at radius 3 is 3.00 bits per heavy atom. The van der Waals surface area contributed by atoms with E-state index in [1.54, 1.807) is 19.5 Å². The van der Waals surface area contributed by atoms with E-state index in [2.05, 4.69) is 32.8 Å². The third kappa shape index (κ3) is 2.87. The minimum absolute atomic E-state index is 0.224. The normalized spacial score (nSPS) is 12.5. The molecule has 1 aromatic carbocycles. The van der Waals surface area contributed by atoms with E-state index < -0.39 is 0 Å². The van der Waals surface area contributed by atoms with Crippen LogP contribution in [0.15, 0.2) is 48.9 Å². The molecule has 3 aromatic rings. The highest BCUT2D eigenvalue weighted by Crippen LogP contribution is 2.22. The Labute approximate surface area is 123 Å². The van der Waals surface area contributed by atoms with Crippen LogP contribution in [0.5, 0.6) is 0 Å². The molecule has 0 aliphatic heterocycles. The Morgan fingerprint density at radius 1 is 1.24 bits per heavy atom. The molecule has 0 radical (unpaired) electrons. The highest BCUT2D eigenvalue weighted by atomic mass is 16.5. The summed E-state index contributed by atoms with van der Waals surface area (Å²) in [6.45, 7) is 2.74. The summed E-state index contributed by atoms with van der Waals surface area (Å²) in [7, 11) is 1.71. The maximum absolute atomic E-state index is 5.21. The zero-order valence-electron chi connectivity index (χ0n) is 12.2. The van der Waals surface area contributed by atoms with Gasteiger partial charge in [0.25, 0.3) is 0 Å². The molecule has 3 rings (SSSR count). The van der Waals surface area contributed by atoms with Crippen molar-refractivity contribution in [3.63, 3.8) is 0 Å². The third-order valence-electron chi connectivity index (χ3n) is 3.41. The molecule has 0 amide bonds. The molecular formula is C16H18N4O. The van der Waals surface area contributed by atoms with E-state index in [9.17, 15) is 0 Å². The molecule has 0 spiro atoms. The summed E-state index contributed by atoms with van der Waals surface area (Å²) in [6.07, 6.45) is 5.54. The van der Waals surface area contributed by atoms with Crippen LogP contribution >= 0.6 is 0 Å². The van der Waals surface area contributed by atoms with Crippen LogP contribution in [0, 0.1) is 0 Å². The van der Waals surface area contributed by atoms with Crippen LogP contribution in [0.1, 0.15) is 13.0 Å². The molecule has 1 unspecified atom stereocenters. The van der Waals surface area contributed by atoms with Crippen molar-refractivity contribution in [3.05, 3.63) is 48.9 Å². The van der Waals surface area contributed by atoms with Gasteiger partial charge in [0.1, 0.15) is 0 Å². The van der Waals surface area contributed by atoms with E-state index in [-0.39, 0.29) is 6.04 Å². The molecule has 2 heterocycles. The van der Waals surface area contributed by atoms with Gasteiger partial charge in [0.05, 0.1) is 18.2 Å².